The van der Waals surface area contributed by atoms with Gasteiger partial charge in [0.05, 0.1) is 23.8 Å². The van der Waals surface area contributed by atoms with Gasteiger partial charge in [0.15, 0.2) is 0 Å². The van der Waals surface area contributed by atoms with Crippen molar-refractivity contribution in [1.82, 2.24) is 20.1 Å². The molecule has 2 N–H and O–H groups in total. The highest BCUT2D eigenvalue weighted by Crippen LogP contribution is 2.61. The van der Waals surface area contributed by atoms with Crippen LogP contribution in [0, 0.1) is 23.2 Å². The second-order valence-electron chi connectivity index (χ2n) is 10.2. The van der Waals surface area contributed by atoms with Gasteiger partial charge in [0.25, 0.3) is 5.56 Å². The number of carbonyl (C=O) groups is 1. The van der Waals surface area contributed by atoms with E-state index < -0.39 is 5.56 Å². The molecule has 2 aromatic rings. The van der Waals surface area contributed by atoms with Crippen LogP contribution in [0.5, 0.6) is 0 Å². The van der Waals surface area contributed by atoms with E-state index >= 15 is 0 Å². The van der Waals surface area contributed by atoms with Gasteiger partial charge in [-0.05, 0) is 47.6 Å². The van der Waals surface area contributed by atoms with Gasteiger partial charge in [0, 0.05) is 32.9 Å². The highest BCUT2D eigenvalue weighted by Gasteiger charge is 2.56. The van der Waals surface area contributed by atoms with E-state index in [2.05, 4.69) is 41.5 Å². The van der Waals surface area contributed by atoms with Crippen LogP contribution in [0.4, 0.5) is 11.4 Å². The molecule has 0 unspecified atom stereocenters. The highest BCUT2D eigenvalue weighted by molar-refractivity contribution is 6.32. The smallest absolute Gasteiger partial charge is 0.288 e. The van der Waals surface area contributed by atoms with Crippen molar-refractivity contribution in [2.75, 3.05) is 24.3 Å². The molecule has 33 heavy (non-hydrogen) atoms. The number of amides is 1. The fourth-order valence-corrected chi connectivity index (χ4v) is 5.77. The Morgan fingerprint density at radius 2 is 2.06 bits per heavy atom. The average Bonchev–Trinajstić information content (AvgIpc) is 2.78. The monoisotopic (exact) mass is 472 g/mol. The number of pyridine rings is 1. The molecule has 0 saturated heterocycles. The molecule has 5 rings (SSSR count). The van der Waals surface area contributed by atoms with Gasteiger partial charge in [-0.3, -0.25) is 14.6 Å². The van der Waals surface area contributed by atoms with E-state index in [0.29, 0.717) is 35.4 Å². The highest BCUT2D eigenvalue weighted by atomic mass is 35.5. The summed E-state index contributed by atoms with van der Waals surface area (Å²) in [4.78, 5) is 31.3. The summed E-state index contributed by atoms with van der Waals surface area (Å²) in [5, 5.41) is 10.6. The first-order valence-electron chi connectivity index (χ1n) is 11.5. The van der Waals surface area contributed by atoms with Crippen LogP contribution in [0.2, 0.25) is 5.02 Å². The Morgan fingerprint density at radius 1 is 1.30 bits per heavy atom. The summed E-state index contributed by atoms with van der Waals surface area (Å²) in [5.74, 6) is 1.55. The van der Waals surface area contributed by atoms with Crippen LogP contribution in [0.25, 0.3) is 0 Å². The van der Waals surface area contributed by atoms with Gasteiger partial charge >= 0.3 is 0 Å². The van der Waals surface area contributed by atoms with Gasteiger partial charge in [-0.1, -0.05) is 32.4 Å². The molecule has 0 aliphatic heterocycles. The van der Waals surface area contributed by atoms with E-state index in [1.807, 2.05) is 25.1 Å². The molecule has 8 nitrogen and oxygen atoms in total. The van der Waals surface area contributed by atoms with Crippen molar-refractivity contribution >= 4 is 28.9 Å². The van der Waals surface area contributed by atoms with Crippen molar-refractivity contribution in [3.8, 4) is 0 Å². The third kappa shape index (κ3) is 4.45. The Kier molecular flexibility index (Phi) is 6.40. The van der Waals surface area contributed by atoms with Gasteiger partial charge in [-0.2, -0.15) is 5.10 Å². The summed E-state index contributed by atoms with van der Waals surface area (Å²) < 4.78 is 1.10. The number of fused-ring (bicyclic) bond motifs is 2. The van der Waals surface area contributed by atoms with Crippen molar-refractivity contribution in [1.29, 1.82) is 0 Å². The van der Waals surface area contributed by atoms with Crippen LogP contribution in [0.1, 0.15) is 39.2 Å². The zero-order chi connectivity index (χ0) is 23.9. The molecule has 3 fully saturated rings. The second-order valence-corrected chi connectivity index (χ2v) is 10.6. The molecule has 2 aromatic heterocycles. The quantitative estimate of drug-likeness (QED) is 0.643. The molecule has 9 heteroatoms. The average molecular weight is 473 g/mol. The lowest BCUT2D eigenvalue weighted by molar-refractivity contribution is -0.122. The normalized spacial score (nSPS) is 25.2. The molecule has 0 radical (unpaired) electrons. The molecular weight excluding hydrogens is 440 g/mol. The fourth-order valence-electron chi connectivity index (χ4n) is 5.57. The Balaban J connectivity index is 1.39. The van der Waals surface area contributed by atoms with E-state index in [1.54, 1.807) is 18.6 Å². The predicted octanol–water partition coefficient (Wildman–Crippen LogP) is 3.16. The first-order chi connectivity index (χ1) is 15.6. The molecular formula is C24H33ClN6O2. The number of carbonyl (C=O) groups excluding carboxylic acids is 1. The maximum Gasteiger partial charge on any atom is 0.288 e. The van der Waals surface area contributed by atoms with Crippen molar-refractivity contribution in [2.45, 2.75) is 52.7 Å². The first-order valence-corrected chi connectivity index (χ1v) is 11.9. The predicted molar refractivity (Wildman–Crippen MR) is 130 cm³/mol. The summed E-state index contributed by atoms with van der Waals surface area (Å²) in [6.07, 6.45) is 7.34. The number of halogens is 1. The maximum atomic E-state index is 12.8. The van der Waals surface area contributed by atoms with Crippen LogP contribution in [0.3, 0.4) is 0 Å². The zero-order valence-electron chi connectivity index (χ0n) is 19.9. The van der Waals surface area contributed by atoms with Gasteiger partial charge in [-0.25, -0.2) is 4.68 Å². The second kappa shape index (κ2) is 8.97. The maximum absolute atomic E-state index is 12.8. The Hall–Kier alpha value is -2.61. The number of aromatic nitrogens is 3. The number of nitrogens with zero attached hydrogens (tertiary/aromatic N) is 4. The van der Waals surface area contributed by atoms with Gasteiger partial charge < -0.3 is 15.5 Å². The van der Waals surface area contributed by atoms with Gasteiger partial charge in [0.1, 0.15) is 11.6 Å². The van der Waals surface area contributed by atoms with Gasteiger partial charge in [0.2, 0.25) is 5.91 Å². The lowest BCUT2D eigenvalue weighted by Crippen LogP contribution is -2.58. The number of hydrogen-bond donors (Lipinski definition) is 2. The van der Waals surface area contributed by atoms with E-state index in [0.717, 1.165) is 22.4 Å². The van der Waals surface area contributed by atoms with Crippen molar-refractivity contribution in [3.63, 3.8) is 0 Å². The van der Waals surface area contributed by atoms with Crippen LogP contribution >= 0.6 is 11.6 Å². The lowest BCUT2D eigenvalue weighted by atomic mass is 9.45. The summed E-state index contributed by atoms with van der Waals surface area (Å²) >= 11 is 6.40. The van der Waals surface area contributed by atoms with Gasteiger partial charge in [-0.15, -0.1) is 0 Å². The molecule has 3 aliphatic rings. The van der Waals surface area contributed by atoms with Crippen molar-refractivity contribution in [3.05, 3.63) is 45.6 Å². The third-order valence-electron chi connectivity index (χ3n) is 7.82. The SMILES string of the molecule is C[C@@H]1[C@H]2C[C@@H](C[C@H]1Nc1cnn(CC(=O)NCc3ccncc3N(C)C)c(=O)c1Cl)C2(C)C. The number of anilines is 2. The standard InChI is InChI=1S/C24H33ClN6O2/c1-14-17-8-16(24(17,2)3)9-18(14)29-19-11-28-31(23(33)22(19)25)13-21(32)27-10-15-6-7-26-12-20(15)30(4)5/h6-7,11-12,14,16-18,29H,8-10,13H2,1-5H3,(H,27,32)/t14-,16+,17-,18-/m1/s1. The zero-order valence-corrected chi connectivity index (χ0v) is 20.7. The molecule has 178 valence electrons. The minimum atomic E-state index is -0.469. The molecule has 4 atom stereocenters. The Bertz CT molecular complexity index is 1100. The first kappa shape index (κ1) is 23.5. The number of rotatable bonds is 7. The van der Waals surface area contributed by atoms with E-state index in [9.17, 15) is 9.59 Å². The lowest BCUT2D eigenvalue weighted by Gasteiger charge is -2.62. The van der Waals surface area contributed by atoms with Crippen LogP contribution in [0.15, 0.2) is 29.5 Å². The Morgan fingerprint density at radius 3 is 2.73 bits per heavy atom. The summed E-state index contributed by atoms with van der Waals surface area (Å²) in [7, 11) is 3.84. The molecule has 2 bridgehead atoms. The molecule has 2 heterocycles. The van der Waals surface area contributed by atoms with Crippen molar-refractivity contribution < 1.29 is 4.79 Å². The molecule has 3 saturated carbocycles. The minimum Gasteiger partial charge on any atom is -0.379 e. The Labute approximate surface area is 199 Å². The van der Waals surface area contributed by atoms with Crippen LogP contribution in [-0.2, 0) is 17.9 Å². The fraction of sp³-hybridized carbons (Fsp3) is 0.583. The molecule has 0 spiro atoms. The summed E-state index contributed by atoms with van der Waals surface area (Å²) in [6.45, 7) is 7.12. The van der Waals surface area contributed by atoms with Crippen molar-refractivity contribution in [2.24, 2.45) is 23.2 Å². The minimum absolute atomic E-state index is 0.0764. The molecule has 1 amide bonds. The molecule has 0 aromatic carbocycles. The van der Waals surface area contributed by atoms with E-state index in [-0.39, 0.29) is 23.5 Å². The largest absolute Gasteiger partial charge is 0.379 e. The van der Waals surface area contributed by atoms with E-state index in [1.165, 1.54) is 6.42 Å². The van der Waals surface area contributed by atoms with Crippen LogP contribution in [-0.4, -0.2) is 40.8 Å². The molecule has 3 aliphatic carbocycles. The van der Waals surface area contributed by atoms with E-state index in [4.69, 9.17) is 11.6 Å². The topological polar surface area (TPSA) is 92.2 Å². The summed E-state index contributed by atoms with van der Waals surface area (Å²) in [6, 6.07) is 2.13. The third-order valence-corrected chi connectivity index (χ3v) is 8.18. The number of nitrogens with one attached hydrogen (secondary N) is 2. The van der Waals surface area contributed by atoms with Crippen LogP contribution < -0.4 is 21.1 Å². The number of hydrogen-bond acceptors (Lipinski definition) is 6. The summed E-state index contributed by atoms with van der Waals surface area (Å²) in [5.41, 5.74) is 2.32.